The van der Waals surface area contributed by atoms with Gasteiger partial charge in [0, 0.05) is 0 Å². The number of anilines is 1. The molecule has 72 valence electrons. The number of nitrogens with two attached hydrogens (primary N) is 1. The fourth-order valence-electron chi connectivity index (χ4n) is 1.02. The lowest BCUT2D eigenvalue weighted by molar-refractivity contribution is 0.0653. The summed E-state index contributed by atoms with van der Waals surface area (Å²) in [6.07, 6.45) is 0.628. The smallest absolute Gasteiger partial charge is 0.376 e. The third-order valence-corrected chi connectivity index (χ3v) is 1.60. The molecule has 0 fully saturated rings. The second-order valence-corrected chi connectivity index (χ2v) is 3.28. The molecule has 13 heavy (non-hydrogen) atoms. The highest BCUT2D eigenvalue weighted by atomic mass is 16.5. The second-order valence-electron chi connectivity index (χ2n) is 3.28. The van der Waals surface area contributed by atoms with E-state index in [1.165, 1.54) is 0 Å². The summed E-state index contributed by atoms with van der Waals surface area (Å²) in [5.74, 6) is -1.08. The normalized spacial score (nSPS) is 10.7. The summed E-state index contributed by atoms with van der Waals surface area (Å²) in [6, 6.07) is 0. The predicted molar refractivity (Wildman–Crippen MR) is 46.4 cm³/mol. The maximum absolute atomic E-state index is 10.5. The van der Waals surface area contributed by atoms with Crippen molar-refractivity contribution in [2.45, 2.75) is 20.3 Å². The molecule has 0 spiro atoms. The van der Waals surface area contributed by atoms with Crippen LogP contribution in [0.1, 0.15) is 30.1 Å². The Bertz CT molecular complexity index is 317. The second kappa shape index (κ2) is 3.47. The van der Waals surface area contributed by atoms with E-state index in [0.717, 1.165) is 0 Å². The van der Waals surface area contributed by atoms with Crippen molar-refractivity contribution in [2.24, 2.45) is 5.92 Å². The zero-order chi connectivity index (χ0) is 10.0. The predicted octanol–water partition coefficient (Wildman–Crippen LogP) is 1.15. The Labute approximate surface area is 75.5 Å². The van der Waals surface area contributed by atoms with E-state index in [-0.39, 0.29) is 11.4 Å². The Kier molecular flexibility index (Phi) is 2.55. The van der Waals surface area contributed by atoms with E-state index >= 15 is 0 Å². The van der Waals surface area contributed by atoms with E-state index in [2.05, 4.69) is 9.68 Å². The molecule has 1 aromatic heterocycles. The lowest BCUT2D eigenvalue weighted by Gasteiger charge is -1.99. The Hall–Kier alpha value is -1.52. The molecule has 0 bridgehead atoms. The van der Waals surface area contributed by atoms with Crippen molar-refractivity contribution >= 4 is 11.7 Å². The van der Waals surface area contributed by atoms with E-state index in [1.54, 1.807) is 0 Å². The molecule has 1 aromatic rings. The molecule has 0 unspecified atom stereocenters. The molecule has 3 N–H and O–H groups in total. The third-order valence-electron chi connectivity index (χ3n) is 1.60. The first kappa shape index (κ1) is 9.57. The summed E-state index contributed by atoms with van der Waals surface area (Å²) in [5, 5.41) is 12.2. The number of carbonyl (C=O) groups is 1. The van der Waals surface area contributed by atoms with Crippen LogP contribution in [0.4, 0.5) is 5.69 Å². The van der Waals surface area contributed by atoms with Gasteiger partial charge >= 0.3 is 5.97 Å². The first-order valence-corrected chi connectivity index (χ1v) is 3.99. The number of aromatic nitrogens is 1. The highest BCUT2D eigenvalue weighted by Gasteiger charge is 2.19. The maximum atomic E-state index is 10.5. The molecule has 0 saturated heterocycles. The van der Waals surface area contributed by atoms with Gasteiger partial charge in [0.1, 0.15) is 11.4 Å². The molecule has 0 aliphatic heterocycles. The number of nitrogen functional groups attached to an aromatic ring is 1. The van der Waals surface area contributed by atoms with Crippen LogP contribution in [0.3, 0.4) is 0 Å². The molecular formula is C8H12N2O3. The zero-order valence-electron chi connectivity index (χ0n) is 7.57. The topological polar surface area (TPSA) is 89.3 Å². The Morgan fingerprint density at radius 2 is 2.31 bits per heavy atom. The third kappa shape index (κ3) is 1.99. The summed E-state index contributed by atoms with van der Waals surface area (Å²) in [5.41, 5.74) is 6.18. The lowest BCUT2D eigenvalue weighted by Crippen LogP contribution is -2.02. The van der Waals surface area contributed by atoms with Crippen LogP contribution in [0, 0.1) is 5.92 Å². The Balaban J connectivity index is 2.93. The monoisotopic (exact) mass is 184 g/mol. The number of aromatic carboxylic acids is 1. The summed E-state index contributed by atoms with van der Waals surface area (Å²) in [6.45, 7) is 3.99. The molecule has 0 aromatic carbocycles. The van der Waals surface area contributed by atoms with Gasteiger partial charge in [-0.15, -0.1) is 0 Å². The lowest BCUT2D eigenvalue weighted by atomic mass is 10.1. The van der Waals surface area contributed by atoms with Gasteiger partial charge in [-0.1, -0.05) is 19.0 Å². The molecular weight excluding hydrogens is 172 g/mol. The Morgan fingerprint density at radius 3 is 2.69 bits per heavy atom. The van der Waals surface area contributed by atoms with E-state index in [1.807, 2.05) is 13.8 Å². The summed E-state index contributed by atoms with van der Waals surface area (Å²) in [7, 11) is 0. The number of nitrogens with zero attached hydrogens (tertiary/aromatic N) is 1. The molecule has 0 amide bonds. The summed E-state index contributed by atoms with van der Waals surface area (Å²) < 4.78 is 4.58. The minimum Gasteiger partial charge on any atom is -0.475 e. The Morgan fingerprint density at radius 1 is 1.69 bits per heavy atom. The molecule has 0 aliphatic rings. The van der Waals surface area contributed by atoms with E-state index < -0.39 is 5.97 Å². The van der Waals surface area contributed by atoms with Gasteiger partial charge in [0.05, 0.1) is 0 Å². The average molecular weight is 184 g/mol. The van der Waals surface area contributed by atoms with Crippen molar-refractivity contribution in [1.82, 2.24) is 5.16 Å². The van der Waals surface area contributed by atoms with Crippen molar-refractivity contribution in [3.63, 3.8) is 0 Å². The van der Waals surface area contributed by atoms with Gasteiger partial charge in [-0.25, -0.2) is 4.79 Å². The molecule has 5 heteroatoms. The minimum atomic E-state index is -1.18. The average Bonchev–Trinajstić information content (AvgIpc) is 2.32. The largest absolute Gasteiger partial charge is 0.475 e. The molecule has 0 aliphatic carbocycles. The SMILES string of the molecule is CC(C)Cc1noc(C(=O)O)c1N. The fourth-order valence-corrected chi connectivity index (χ4v) is 1.02. The number of hydrogen-bond acceptors (Lipinski definition) is 4. The van der Waals surface area contributed by atoms with Crippen LogP contribution in [-0.4, -0.2) is 16.2 Å². The van der Waals surface area contributed by atoms with Gasteiger partial charge in [-0.3, -0.25) is 0 Å². The van der Waals surface area contributed by atoms with E-state index in [4.69, 9.17) is 10.8 Å². The van der Waals surface area contributed by atoms with Crippen LogP contribution in [0.2, 0.25) is 0 Å². The fraction of sp³-hybridized carbons (Fsp3) is 0.500. The molecule has 0 radical (unpaired) electrons. The van der Waals surface area contributed by atoms with Crippen molar-refractivity contribution in [3.05, 3.63) is 11.5 Å². The number of hydrogen-bond donors (Lipinski definition) is 2. The van der Waals surface area contributed by atoms with Gasteiger partial charge in [-0.05, 0) is 12.3 Å². The van der Waals surface area contributed by atoms with Gasteiger partial charge in [-0.2, -0.15) is 0 Å². The highest BCUT2D eigenvalue weighted by Crippen LogP contribution is 2.19. The van der Waals surface area contributed by atoms with Crippen LogP contribution >= 0.6 is 0 Å². The maximum Gasteiger partial charge on any atom is 0.376 e. The van der Waals surface area contributed by atoms with E-state index in [0.29, 0.717) is 18.0 Å². The van der Waals surface area contributed by atoms with Crippen molar-refractivity contribution in [2.75, 3.05) is 5.73 Å². The molecule has 0 atom stereocenters. The van der Waals surface area contributed by atoms with Crippen LogP contribution in [-0.2, 0) is 6.42 Å². The zero-order valence-corrected chi connectivity index (χ0v) is 7.57. The van der Waals surface area contributed by atoms with Gasteiger partial charge in [0.15, 0.2) is 0 Å². The van der Waals surface area contributed by atoms with Gasteiger partial charge in [0.25, 0.3) is 5.76 Å². The molecule has 5 nitrogen and oxygen atoms in total. The number of carboxylic acids is 1. The molecule has 1 heterocycles. The minimum absolute atomic E-state index is 0.140. The van der Waals surface area contributed by atoms with Crippen LogP contribution in [0.5, 0.6) is 0 Å². The van der Waals surface area contributed by atoms with Gasteiger partial charge in [0.2, 0.25) is 0 Å². The first-order valence-electron chi connectivity index (χ1n) is 3.99. The van der Waals surface area contributed by atoms with Crippen molar-refractivity contribution in [1.29, 1.82) is 0 Å². The van der Waals surface area contributed by atoms with E-state index in [9.17, 15) is 4.79 Å². The van der Waals surface area contributed by atoms with Crippen molar-refractivity contribution in [3.8, 4) is 0 Å². The standard InChI is InChI=1S/C8H12N2O3/c1-4(2)3-5-6(9)7(8(11)12)13-10-5/h4H,3,9H2,1-2H3,(H,11,12). The summed E-state index contributed by atoms with van der Waals surface area (Å²) in [4.78, 5) is 10.5. The van der Waals surface area contributed by atoms with Crippen LogP contribution < -0.4 is 5.73 Å². The number of rotatable bonds is 3. The molecule has 0 saturated carbocycles. The van der Waals surface area contributed by atoms with Gasteiger partial charge < -0.3 is 15.4 Å². The van der Waals surface area contributed by atoms with Crippen molar-refractivity contribution < 1.29 is 14.4 Å². The first-order chi connectivity index (χ1) is 6.02. The molecule has 1 rings (SSSR count). The highest BCUT2D eigenvalue weighted by molar-refractivity contribution is 5.90. The number of carboxylic acid groups (broad SMARTS) is 1. The quantitative estimate of drug-likeness (QED) is 0.735. The summed E-state index contributed by atoms with van der Waals surface area (Å²) >= 11 is 0. The van der Waals surface area contributed by atoms with Crippen LogP contribution in [0.15, 0.2) is 4.52 Å². The van der Waals surface area contributed by atoms with Crippen LogP contribution in [0.25, 0.3) is 0 Å².